The van der Waals surface area contributed by atoms with Gasteiger partial charge in [0.2, 0.25) is 11.8 Å². The molecule has 2 N–H and O–H groups in total. The SMILES string of the molecule is CCn1c(-c2cnccc2COC)c2c3cc(ccc31)-c1cccc(c1)C[C@H](NC(=O)[C@H](C(C)C)N(C)C(=O)CCN=C=Nc1ccccc1N1CCOCC1)C(=O)N1CCC[C@H](N1)C(=O)OCC(C)(C)C2. The lowest BCUT2D eigenvalue weighted by Gasteiger charge is -2.36. The molecule has 0 spiro atoms. The number of rotatable bonds is 13. The van der Waals surface area contributed by atoms with Gasteiger partial charge in [0, 0.05) is 87.5 Å². The number of para-hydroxylation sites is 2. The predicted molar refractivity (Wildman–Crippen MR) is 279 cm³/mol. The highest BCUT2D eigenvalue weighted by molar-refractivity contribution is 5.96. The van der Waals surface area contributed by atoms with Crippen molar-refractivity contribution in [3.05, 3.63) is 102 Å². The van der Waals surface area contributed by atoms with Crippen molar-refractivity contribution >= 4 is 52.0 Å². The molecular weight excluding hydrogens is 911 g/mol. The fraction of sp³-hybridized carbons (Fsp3) is 0.464. The van der Waals surface area contributed by atoms with Crippen LogP contribution in [0.25, 0.3) is 33.3 Å². The predicted octanol–water partition coefficient (Wildman–Crippen LogP) is 7.40. The number of fused-ring (bicyclic) bond motifs is 6. The summed E-state index contributed by atoms with van der Waals surface area (Å²) in [6, 6.07) is 24.4. The Balaban J connectivity index is 1.08. The molecule has 3 aliphatic heterocycles. The van der Waals surface area contributed by atoms with Gasteiger partial charge >= 0.3 is 5.97 Å². The molecule has 380 valence electrons. The Kier molecular flexibility index (Phi) is 16.7. The Labute approximate surface area is 422 Å². The van der Waals surface area contributed by atoms with Gasteiger partial charge in [0.25, 0.3) is 5.91 Å². The van der Waals surface area contributed by atoms with Gasteiger partial charge in [0.1, 0.15) is 18.1 Å². The molecule has 6 bridgehead atoms. The molecule has 5 heterocycles. The molecule has 3 aliphatic rings. The maximum absolute atomic E-state index is 14.8. The van der Waals surface area contributed by atoms with Crippen molar-refractivity contribution in [1.29, 1.82) is 0 Å². The minimum absolute atomic E-state index is 0.0260. The number of methoxy groups -OCH3 is 1. The Bertz CT molecular complexity index is 2830. The first-order valence-electron chi connectivity index (χ1n) is 25.3. The normalized spacial score (nSPS) is 18.7. The molecule has 0 aliphatic carbocycles. The van der Waals surface area contributed by atoms with E-state index in [0.717, 1.165) is 74.4 Å². The number of nitrogens with one attached hydrogen (secondary N) is 2. The molecule has 0 radical (unpaired) electrons. The number of anilines is 1. The van der Waals surface area contributed by atoms with Crippen LogP contribution in [0.5, 0.6) is 0 Å². The average molecular weight is 980 g/mol. The number of ether oxygens (including phenoxy) is 3. The van der Waals surface area contributed by atoms with Crippen molar-refractivity contribution in [2.75, 3.05) is 65.1 Å². The number of nitrogens with zero attached hydrogens (tertiary/aromatic N) is 7. The van der Waals surface area contributed by atoms with Crippen molar-refractivity contribution in [3.63, 3.8) is 0 Å². The smallest absolute Gasteiger partial charge is 0.324 e. The highest BCUT2D eigenvalue weighted by atomic mass is 16.5. The van der Waals surface area contributed by atoms with Gasteiger partial charge in [-0.25, -0.2) is 10.4 Å². The molecule has 72 heavy (non-hydrogen) atoms. The molecule has 5 aromatic rings. The van der Waals surface area contributed by atoms with Crippen molar-refractivity contribution in [3.8, 4) is 22.4 Å². The van der Waals surface area contributed by atoms with Crippen LogP contribution in [0.3, 0.4) is 0 Å². The number of carbonyl (C=O) groups is 4. The fourth-order valence-electron chi connectivity index (χ4n) is 10.3. The third kappa shape index (κ3) is 11.8. The number of likely N-dealkylation sites (N-methyl/N-ethyl adjacent to an activating group) is 1. The largest absolute Gasteiger partial charge is 0.464 e. The van der Waals surface area contributed by atoms with E-state index in [2.05, 4.69) is 92.3 Å². The van der Waals surface area contributed by atoms with Gasteiger partial charge in [-0.1, -0.05) is 70.2 Å². The van der Waals surface area contributed by atoms with Crippen molar-refractivity contribution < 1.29 is 33.4 Å². The standard InChI is InChI=1S/C56H69N9O7/c1-8-64-48-19-18-40-31-42(48)43(52(64)44-33-57-22-20-41(44)34-70-7)32-56(4,5)35-72-55(69)46-16-12-24-65(61-46)54(68)47(30-38-13-11-14-39(40)29-38)60-53(67)51(37(2)3)62(6)50(66)21-23-58-36-59-45-15-9-10-17-49(45)63-25-27-71-28-26-63/h9-11,13-15,17-20,22,29,31,33,37,46-47,51,61H,8,12,16,21,23-28,30,32,34-35H2,1-7H3,(H,60,67)/t46-,47-,51-/m0/s1. The number of carbonyl (C=O) groups excluding carboxylic acids is 4. The second-order valence-electron chi connectivity index (χ2n) is 20.1. The Morgan fingerprint density at radius 1 is 1.03 bits per heavy atom. The van der Waals surface area contributed by atoms with Crippen LogP contribution in [-0.2, 0) is 59.4 Å². The van der Waals surface area contributed by atoms with Gasteiger partial charge in [0.15, 0.2) is 0 Å². The Morgan fingerprint density at radius 3 is 2.60 bits per heavy atom. The summed E-state index contributed by atoms with van der Waals surface area (Å²) in [5, 5.41) is 5.60. The highest BCUT2D eigenvalue weighted by Crippen LogP contribution is 2.41. The van der Waals surface area contributed by atoms with Crippen LogP contribution < -0.4 is 15.6 Å². The molecule has 0 saturated carbocycles. The number of morpholine rings is 1. The zero-order valence-electron chi connectivity index (χ0n) is 42.8. The van der Waals surface area contributed by atoms with Gasteiger partial charge in [-0.3, -0.25) is 29.2 Å². The molecule has 16 nitrogen and oxygen atoms in total. The topological polar surface area (TPSA) is 172 Å². The molecule has 8 rings (SSSR count). The number of cyclic esters (lactones) is 1. The maximum Gasteiger partial charge on any atom is 0.324 e. The maximum atomic E-state index is 14.8. The Hall–Kier alpha value is -6.71. The minimum atomic E-state index is -1.05. The number of aromatic nitrogens is 2. The van der Waals surface area contributed by atoms with E-state index in [0.29, 0.717) is 52.2 Å². The molecule has 16 heteroatoms. The molecule has 2 aromatic heterocycles. The van der Waals surface area contributed by atoms with Crippen molar-refractivity contribution in [2.24, 2.45) is 21.3 Å². The fourth-order valence-corrected chi connectivity index (χ4v) is 10.3. The molecule has 3 aromatic carbocycles. The lowest BCUT2D eigenvalue weighted by atomic mass is 9.84. The number of esters is 1. The van der Waals surface area contributed by atoms with Crippen molar-refractivity contribution in [1.82, 2.24) is 30.2 Å². The number of aryl methyl sites for hydroxylation is 1. The summed E-state index contributed by atoms with van der Waals surface area (Å²) in [6.45, 7) is 14.6. The molecule has 3 atom stereocenters. The van der Waals surface area contributed by atoms with Crippen LogP contribution in [0.1, 0.15) is 70.6 Å². The number of benzene rings is 3. The van der Waals surface area contributed by atoms with Crippen LogP contribution in [0.2, 0.25) is 0 Å². The zero-order chi connectivity index (χ0) is 50.9. The summed E-state index contributed by atoms with van der Waals surface area (Å²) >= 11 is 0. The van der Waals surface area contributed by atoms with Crippen LogP contribution in [0.4, 0.5) is 11.4 Å². The number of hydrogen-bond donors (Lipinski definition) is 2. The first kappa shape index (κ1) is 51.6. The second kappa shape index (κ2) is 23.2. The summed E-state index contributed by atoms with van der Waals surface area (Å²) in [5.74, 6) is -1.89. The molecule has 2 saturated heterocycles. The number of pyridine rings is 1. The lowest BCUT2D eigenvalue weighted by molar-refractivity contribution is -0.155. The summed E-state index contributed by atoms with van der Waals surface area (Å²) in [4.78, 5) is 74.0. The Morgan fingerprint density at radius 2 is 1.82 bits per heavy atom. The molecular formula is C56H69N9O7. The van der Waals surface area contributed by atoms with Crippen LogP contribution in [0, 0.1) is 11.3 Å². The van der Waals surface area contributed by atoms with Gasteiger partial charge in [0.05, 0.1) is 56.0 Å². The molecule has 3 amide bonds. The van der Waals surface area contributed by atoms with Gasteiger partial charge < -0.3 is 33.9 Å². The van der Waals surface area contributed by atoms with E-state index in [1.807, 2.05) is 62.5 Å². The van der Waals surface area contributed by atoms with Crippen LogP contribution in [-0.4, -0.2) is 127 Å². The number of hydrazine groups is 1. The quantitative estimate of drug-likeness (QED) is 0.0895. The minimum Gasteiger partial charge on any atom is -0.464 e. The zero-order valence-corrected chi connectivity index (χ0v) is 42.8. The van der Waals surface area contributed by atoms with Crippen LogP contribution in [0.15, 0.2) is 95.2 Å². The van der Waals surface area contributed by atoms with E-state index in [9.17, 15) is 19.2 Å². The van der Waals surface area contributed by atoms with Gasteiger partial charge in [-0.15, -0.1) is 0 Å². The van der Waals surface area contributed by atoms with E-state index < -0.39 is 41.3 Å². The number of aliphatic imine (C=N–C) groups is 2. The van der Waals surface area contributed by atoms with Gasteiger partial charge in [-0.2, -0.15) is 4.99 Å². The van der Waals surface area contributed by atoms with Gasteiger partial charge in [-0.05, 0) is 90.3 Å². The first-order valence-corrected chi connectivity index (χ1v) is 25.3. The average Bonchev–Trinajstić information content (AvgIpc) is 3.68. The highest BCUT2D eigenvalue weighted by Gasteiger charge is 2.37. The summed E-state index contributed by atoms with van der Waals surface area (Å²) in [7, 11) is 3.30. The molecule has 0 unspecified atom stereocenters. The van der Waals surface area contributed by atoms with E-state index >= 15 is 0 Å². The second-order valence-corrected chi connectivity index (χ2v) is 20.1. The third-order valence-corrected chi connectivity index (χ3v) is 13.9. The van der Waals surface area contributed by atoms with Crippen LogP contribution >= 0.6 is 0 Å². The summed E-state index contributed by atoms with van der Waals surface area (Å²) in [5.41, 5.74) is 12.4. The summed E-state index contributed by atoms with van der Waals surface area (Å²) in [6.07, 6.45) is 5.49. The first-order chi connectivity index (χ1) is 34.8. The van der Waals surface area contributed by atoms with E-state index in [1.165, 1.54) is 9.91 Å². The van der Waals surface area contributed by atoms with Crippen molar-refractivity contribution in [2.45, 2.75) is 98.0 Å². The van der Waals surface area contributed by atoms with E-state index in [1.54, 1.807) is 20.4 Å². The monoisotopic (exact) mass is 980 g/mol. The molecule has 2 fully saturated rings. The number of hydrogen-bond acceptors (Lipinski definition) is 12. The van der Waals surface area contributed by atoms with E-state index in [-0.39, 0.29) is 37.8 Å². The number of amides is 3. The summed E-state index contributed by atoms with van der Waals surface area (Å²) < 4.78 is 19.6. The third-order valence-electron chi connectivity index (χ3n) is 13.9. The lowest BCUT2D eigenvalue weighted by Crippen LogP contribution is -2.62. The van der Waals surface area contributed by atoms with E-state index in [4.69, 9.17) is 14.2 Å².